The molecule has 2 heterocycles. The number of carboxylic acid groups (broad SMARTS) is 1. The summed E-state index contributed by atoms with van der Waals surface area (Å²) in [6.45, 7) is 2.45. The second kappa shape index (κ2) is 10.5. The molecule has 190 valence electrons. The fourth-order valence-corrected chi connectivity index (χ4v) is 4.22. The molecule has 0 unspecified atom stereocenters. The maximum absolute atomic E-state index is 11.2. The normalized spacial score (nSPS) is 11.8. The van der Waals surface area contributed by atoms with Gasteiger partial charge in [-0.05, 0) is 37.3 Å². The number of hydrogen-bond acceptors (Lipinski definition) is 7. The SMILES string of the molecule is CCOc1ccccc1-c1cc(-c2cc3c(cc2OCC(=O)O)OCO3)nn1Cc1ccccc1OC. The van der Waals surface area contributed by atoms with Crippen LogP contribution in [0.1, 0.15) is 12.5 Å². The van der Waals surface area contributed by atoms with Gasteiger partial charge in [0, 0.05) is 22.8 Å². The minimum absolute atomic E-state index is 0.0758. The largest absolute Gasteiger partial charge is 0.496 e. The van der Waals surface area contributed by atoms with E-state index in [1.54, 1.807) is 19.2 Å². The van der Waals surface area contributed by atoms with E-state index in [1.165, 1.54) is 0 Å². The summed E-state index contributed by atoms with van der Waals surface area (Å²) in [5.74, 6) is 1.74. The minimum atomic E-state index is -1.09. The molecule has 0 bridgehead atoms. The molecule has 1 aliphatic heterocycles. The van der Waals surface area contributed by atoms with Gasteiger partial charge in [0.1, 0.15) is 17.2 Å². The molecule has 4 aromatic rings. The third-order valence-corrected chi connectivity index (χ3v) is 5.86. The Kier molecular flexibility index (Phi) is 6.85. The first kappa shape index (κ1) is 24.1. The van der Waals surface area contributed by atoms with Crippen LogP contribution in [0.3, 0.4) is 0 Å². The molecule has 0 saturated heterocycles. The Balaban J connectivity index is 1.66. The van der Waals surface area contributed by atoms with E-state index in [9.17, 15) is 9.90 Å². The standard InChI is InChI=1S/C28H26N2O7/c1-3-34-24-11-7-5-9-19(24)22-13-21(29-30(22)15-18-8-4-6-10-23(18)33-2)20-12-26-27(37-17-36-26)14-25(20)35-16-28(31)32/h4-14H,3,15-17H2,1-2H3,(H,31,32). The molecule has 3 aromatic carbocycles. The lowest BCUT2D eigenvalue weighted by molar-refractivity contribution is -0.139. The van der Waals surface area contributed by atoms with Gasteiger partial charge in [-0.25, -0.2) is 4.79 Å². The van der Waals surface area contributed by atoms with Crippen molar-refractivity contribution in [2.75, 3.05) is 27.1 Å². The zero-order chi connectivity index (χ0) is 25.8. The van der Waals surface area contributed by atoms with Gasteiger partial charge in [-0.15, -0.1) is 0 Å². The third kappa shape index (κ3) is 5.02. The van der Waals surface area contributed by atoms with Crippen LogP contribution in [0.25, 0.3) is 22.5 Å². The smallest absolute Gasteiger partial charge is 0.341 e. The first-order chi connectivity index (χ1) is 18.1. The topological polar surface area (TPSA) is 101 Å². The Morgan fingerprint density at radius 1 is 0.946 bits per heavy atom. The fraction of sp³-hybridized carbons (Fsp3) is 0.214. The summed E-state index contributed by atoms with van der Waals surface area (Å²) in [4.78, 5) is 11.2. The van der Waals surface area contributed by atoms with E-state index < -0.39 is 12.6 Å². The van der Waals surface area contributed by atoms with E-state index in [2.05, 4.69) is 0 Å². The van der Waals surface area contributed by atoms with Crippen LogP contribution in [0.2, 0.25) is 0 Å². The monoisotopic (exact) mass is 502 g/mol. The van der Waals surface area contributed by atoms with Crippen molar-refractivity contribution in [2.45, 2.75) is 13.5 Å². The highest BCUT2D eigenvalue weighted by atomic mass is 16.7. The average Bonchev–Trinajstić information content (AvgIpc) is 3.54. The molecule has 0 spiro atoms. The molecule has 0 atom stereocenters. The van der Waals surface area contributed by atoms with Crippen LogP contribution in [0, 0.1) is 0 Å². The van der Waals surface area contributed by atoms with E-state index in [-0.39, 0.29) is 6.79 Å². The van der Waals surface area contributed by atoms with Gasteiger partial charge in [0.2, 0.25) is 6.79 Å². The zero-order valence-electron chi connectivity index (χ0n) is 20.5. The molecule has 37 heavy (non-hydrogen) atoms. The summed E-state index contributed by atoms with van der Waals surface area (Å²) in [5.41, 5.74) is 3.79. The Bertz CT molecular complexity index is 1430. The number of carbonyl (C=O) groups is 1. The van der Waals surface area contributed by atoms with Crippen molar-refractivity contribution in [1.29, 1.82) is 0 Å². The molecule has 1 N–H and O–H groups in total. The number of hydrogen-bond donors (Lipinski definition) is 1. The van der Waals surface area contributed by atoms with Gasteiger partial charge >= 0.3 is 5.97 Å². The first-order valence-corrected chi connectivity index (χ1v) is 11.8. The molecule has 0 fully saturated rings. The van der Waals surface area contributed by atoms with Crippen molar-refractivity contribution in [2.24, 2.45) is 0 Å². The number of methoxy groups -OCH3 is 1. The number of nitrogens with zero attached hydrogens (tertiary/aromatic N) is 2. The predicted molar refractivity (Wildman–Crippen MR) is 136 cm³/mol. The number of benzene rings is 3. The van der Waals surface area contributed by atoms with Crippen LogP contribution >= 0.6 is 0 Å². The average molecular weight is 503 g/mol. The molecule has 9 nitrogen and oxygen atoms in total. The fourth-order valence-electron chi connectivity index (χ4n) is 4.22. The lowest BCUT2D eigenvalue weighted by atomic mass is 10.1. The lowest BCUT2D eigenvalue weighted by Gasteiger charge is -2.13. The molecule has 1 aromatic heterocycles. The van der Waals surface area contributed by atoms with E-state index in [4.69, 9.17) is 28.8 Å². The van der Waals surface area contributed by atoms with E-state index in [0.29, 0.717) is 41.7 Å². The zero-order valence-corrected chi connectivity index (χ0v) is 20.5. The Hall–Kier alpha value is -4.66. The van der Waals surface area contributed by atoms with E-state index >= 15 is 0 Å². The summed E-state index contributed by atoms with van der Waals surface area (Å²) in [7, 11) is 1.64. The molecule has 0 radical (unpaired) electrons. The molecule has 1 aliphatic rings. The van der Waals surface area contributed by atoms with Crippen LogP contribution in [-0.4, -0.2) is 48.0 Å². The Morgan fingerprint density at radius 3 is 2.43 bits per heavy atom. The van der Waals surface area contributed by atoms with Crippen molar-refractivity contribution in [3.8, 4) is 51.3 Å². The van der Waals surface area contributed by atoms with Crippen molar-refractivity contribution in [3.05, 3.63) is 72.3 Å². The number of fused-ring (bicyclic) bond motifs is 1. The molecular formula is C28H26N2O7. The highest BCUT2D eigenvalue weighted by Gasteiger charge is 2.23. The summed E-state index contributed by atoms with van der Waals surface area (Å²) in [5, 5.41) is 14.1. The molecule has 5 rings (SSSR count). The van der Waals surface area contributed by atoms with Gasteiger partial charge in [-0.2, -0.15) is 5.10 Å². The van der Waals surface area contributed by atoms with Gasteiger partial charge in [0.15, 0.2) is 18.1 Å². The van der Waals surface area contributed by atoms with Crippen molar-refractivity contribution in [1.82, 2.24) is 9.78 Å². The van der Waals surface area contributed by atoms with Crippen LogP contribution < -0.4 is 23.7 Å². The number of aromatic nitrogens is 2. The molecule has 0 amide bonds. The number of rotatable bonds is 10. The maximum Gasteiger partial charge on any atom is 0.341 e. The van der Waals surface area contributed by atoms with Gasteiger partial charge < -0.3 is 28.8 Å². The lowest BCUT2D eigenvalue weighted by Crippen LogP contribution is -2.10. The molecule has 0 saturated carbocycles. The predicted octanol–water partition coefficient (Wildman–Crippen LogP) is 4.86. The summed E-state index contributed by atoms with van der Waals surface area (Å²) in [6.07, 6.45) is 0. The van der Waals surface area contributed by atoms with Crippen LogP contribution in [0.4, 0.5) is 0 Å². The van der Waals surface area contributed by atoms with Gasteiger partial charge in [0.25, 0.3) is 0 Å². The summed E-state index contributed by atoms with van der Waals surface area (Å²) < 4.78 is 30.0. The maximum atomic E-state index is 11.2. The number of aliphatic carboxylic acids is 1. The van der Waals surface area contributed by atoms with E-state index in [1.807, 2.05) is 66.2 Å². The van der Waals surface area contributed by atoms with Crippen molar-refractivity contribution < 1.29 is 33.6 Å². The molecule has 0 aliphatic carbocycles. The Labute approximate surface area is 213 Å². The second-order valence-electron chi connectivity index (χ2n) is 8.20. The highest BCUT2D eigenvalue weighted by molar-refractivity contribution is 5.78. The van der Waals surface area contributed by atoms with Crippen LogP contribution in [0.5, 0.6) is 28.7 Å². The molecule has 9 heteroatoms. The van der Waals surface area contributed by atoms with Crippen LogP contribution in [-0.2, 0) is 11.3 Å². The number of carboxylic acids is 1. The second-order valence-corrected chi connectivity index (χ2v) is 8.20. The van der Waals surface area contributed by atoms with Crippen molar-refractivity contribution >= 4 is 5.97 Å². The van der Waals surface area contributed by atoms with Crippen LogP contribution in [0.15, 0.2) is 66.7 Å². The summed E-state index contributed by atoms with van der Waals surface area (Å²) in [6, 6.07) is 20.8. The summed E-state index contributed by atoms with van der Waals surface area (Å²) >= 11 is 0. The molecular weight excluding hydrogens is 476 g/mol. The van der Waals surface area contributed by atoms with E-state index in [0.717, 1.165) is 28.3 Å². The van der Waals surface area contributed by atoms with Gasteiger partial charge in [-0.3, -0.25) is 4.68 Å². The quantitative estimate of drug-likeness (QED) is 0.328. The Morgan fingerprint density at radius 2 is 1.68 bits per heavy atom. The van der Waals surface area contributed by atoms with Gasteiger partial charge in [-0.1, -0.05) is 30.3 Å². The third-order valence-electron chi connectivity index (χ3n) is 5.86. The number of para-hydroxylation sites is 2. The number of ether oxygens (including phenoxy) is 5. The van der Waals surface area contributed by atoms with Gasteiger partial charge in [0.05, 0.1) is 31.6 Å². The van der Waals surface area contributed by atoms with Crippen molar-refractivity contribution in [3.63, 3.8) is 0 Å². The highest BCUT2D eigenvalue weighted by Crippen LogP contribution is 2.43. The first-order valence-electron chi connectivity index (χ1n) is 11.8. The minimum Gasteiger partial charge on any atom is -0.496 e.